The predicted molar refractivity (Wildman–Crippen MR) is 245 cm³/mol. The molecule has 2 fully saturated rings. The van der Waals surface area contributed by atoms with Crippen molar-refractivity contribution in [3.8, 4) is 17.2 Å². The summed E-state index contributed by atoms with van der Waals surface area (Å²) in [7, 11) is -4.67. The quantitative estimate of drug-likeness (QED) is 0.0735. The maximum Gasteiger partial charge on any atom is 0.297 e. The predicted octanol–water partition coefficient (Wildman–Crippen LogP) is 7.06. The van der Waals surface area contributed by atoms with Crippen LogP contribution in [0.2, 0.25) is 5.02 Å². The van der Waals surface area contributed by atoms with Crippen molar-refractivity contribution in [2.75, 3.05) is 69.2 Å². The van der Waals surface area contributed by atoms with Crippen LogP contribution < -0.4 is 24.4 Å². The average molecular weight is 911 g/mol. The average Bonchev–Trinajstić information content (AvgIpc) is 3.72. The van der Waals surface area contributed by atoms with Crippen LogP contribution in [0.4, 0.5) is 17.1 Å². The maximum absolute atomic E-state index is 14.0. The number of sulfonamides is 1. The lowest BCUT2D eigenvalue weighted by Crippen LogP contribution is -2.62. The van der Waals surface area contributed by atoms with Crippen molar-refractivity contribution in [2.45, 2.75) is 56.6 Å². The third-order valence-corrected chi connectivity index (χ3v) is 14.1. The highest BCUT2D eigenvalue weighted by Gasteiger charge is 2.39. The second-order valence-corrected chi connectivity index (χ2v) is 20.5. The topological polar surface area (TPSA) is 195 Å². The molecule has 16 nitrogen and oxygen atoms in total. The molecule has 5 aromatic rings. The van der Waals surface area contributed by atoms with Gasteiger partial charge in [0.15, 0.2) is 11.4 Å². The number of pyridine rings is 1. The third kappa shape index (κ3) is 9.40. The van der Waals surface area contributed by atoms with Crippen molar-refractivity contribution >= 4 is 61.2 Å². The van der Waals surface area contributed by atoms with Gasteiger partial charge in [0, 0.05) is 92.9 Å². The number of rotatable bonds is 12. The molecule has 1 aliphatic carbocycles. The largest absolute Gasteiger partial charge is 0.489 e. The van der Waals surface area contributed by atoms with E-state index in [1.165, 1.54) is 29.0 Å². The Morgan fingerprint density at radius 2 is 1.81 bits per heavy atom. The van der Waals surface area contributed by atoms with E-state index in [1.54, 1.807) is 31.3 Å². The van der Waals surface area contributed by atoms with Gasteiger partial charge in [-0.15, -0.1) is 0 Å². The number of piperazine rings is 1. The highest BCUT2D eigenvalue weighted by molar-refractivity contribution is 7.90. The first-order chi connectivity index (χ1) is 30.5. The number of aliphatic hydroxyl groups is 1. The van der Waals surface area contributed by atoms with Gasteiger partial charge in [0.25, 0.3) is 21.6 Å². The van der Waals surface area contributed by atoms with E-state index in [4.69, 9.17) is 21.1 Å². The Morgan fingerprint density at radius 3 is 2.55 bits per heavy atom. The Kier molecular flexibility index (Phi) is 11.6. The molecule has 3 aliphatic heterocycles. The first kappa shape index (κ1) is 43.5. The van der Waals surface area contributed by atoms with Crippen molar-refractivity contribution in [1.29, 1.82) is 0 Å². The van der Waals surface area contributed by atoms with Gasteiger partial charge in [-0.05, 0) is 79.1 Å². The number of halogens is 1. The molecule has 3 aromatic carbocycles. The van der Waals surface area contributed by atoms with E-state index in [0.717, 1.165) is 67.1 Å². The SMILES string of the molecule is CC1(C)CCC(CN2CCN(c3ccc(C(=O)NS(=O)(=O)c4cc5c(c([N+](=O)[O-])c4)N[C@@H](CN4CC(C)(O)C4)CO5)c(Oc4cnc5[nH]ccc5c4)c3)CC2)=C(c2ccc(Cl)cc2)C1. The Hall–Kier alpha value is -5.72. The van der Waals surface area contributed by atoms with E-state index in [9.17, 15) is 28.4 Å². The molecular formula is C46H51ClN8O8S. The number of fused-ring (bicyclic) bond motifs is 2. The number of carbonyl (C=O) groups excluding carboxylic acids is 1. The number of amides is 1. The monoisotopic (exact) mass is 910 g/mol. The minimum absolute atomic E-state index is 0.0311. The molecule has 4 N–H and O–H groups in total. The highest BCUT2D eigenvalue weighted by atomic mass is 35.5. The fourth-order valence-corrected chi connectivity index (χ4v) is 10.4. The number of H-pyrrole nitrogens is 1. The van der Waals surface area contributed by atoms with E-state index >= 15 is 0 Å². The summed E-state index contributed by atoms with van der Waals surface area (Å²) in [4.78, 5) is 39.2. The number of hydrogen-bond acceptors (Lipinski definition) is 13. The number of β-amino-alcohol motifs (C(OH)–C–C–N with tert-alkyl or cyclic N) is 1. The lowest BCUT2D eigenvalue weighted by Gasteiger charge is -2.46. The lowest BCUT2D eigenvalue weighted by molar-refractivity contribution is -0.384. The van der Waals surface area contributed by atoms with Crippen LogP contribution in [0.25, 0.3) is 16.6 Å². The standard InChI is InChI=1S/C46H51ClN8O8S/c1-45(2)12-10-31(38(22-45)29-4-6-32(47)7-5-29)24-52-14-16-54(17-15-52)34-8-9-37(40(19-34)63-35-18-30-11-13-48-43(30)49-23-35)44(56)51-64(60,61)36-20-39(55(58)59)42-41(21-36)62-26-33(50-42)25-53-27-46(3,57)28-53/h4-9,11,13,18-21,23,33,50,57H,10,12,14-17,22,24-28H2,1-3H3,(H,48,49)(H,51,56)/t33-/m0/s1. The smallest absolute Gasteiger partial charge is 0.297 e. The van der Waals surface area contributed by atoms with Gasteiger partial charge in [0.2, 0.25) is 0 Å². The number of ether oxygens (including phenoxy) is 2. The molecule has 1 atom stereocenters. The summed E-state index contributed by atoms with van der Waals surface area (Å²) < 4.78 is 42.1. The first-order valence-electron chi connectivity index (χ1n) is 21.4. The number of likely N-dealkylation sites (tertiary alicyclic amines) is 1. The van der Waals surface area contributed by atoms with Gasteiger partial charge in [-0.3, -0.25) is 24.7 Å². The Labute approximate surface area is 376 Å². The van der Waals surface area contributed by atoms with Crippen LogP contribution in [0.1, 0.15) is 56.0 Å². The Bertz CT molecular complexity index is 2760. The molecule has 4 aliphatic rings. The van der Waals surface area contributed by atoms with Crippen LogP contribution in [0.5, 0.6) is 17.2 Å². The number of carbonyl (C=O) groups is 1. The number of aromatic nitrogens is 2. The summed E-state index contributed by atoms with van der Waals surface area (Å²) in [6, 6.07) is 18.5. The molecule has 9 rings (SSSR count). The minimum Gasteiger partial charge on any atom is -0.489 e. The van der Waals surface area contributed by atoms with Crippen molar-refractivity contribution in [2.24, 2.45) is 5.41 Å². The third-order valence-electron chi connectivity index (χ3n) is 12.5. The summed E-state index contributed by atoms with van der Waals surface area (Å²) in [6.07, 6.45) is 6.43. The van der Waals surface area contributed by atoms with Gasteiger partial charge >= 0.3 is 0 Å². The lowest BCUT2D eigenvalue weighted by atomic mass is 9.72. The van der Waals surface area contributed by atoms with Crippen LogP contribution in [-0.4, -0.2) is 115 Å². The van der Waals surface area contributed by atoms with Gasteiger partial charge in [0.1, 0.15) is 23.8 Å². The van der Waals surface area contributed by atoms with Gasteiger partial charge in [-0.2, -0.15) is 0 Å². The molecule has 64 heavy (non-hydrogen) atoms. The van der Waals surface area contributed by atoms with E-state index < -0.39 is 37.0 Å². The van der Waals surface area contributed by atoms with E-state index in [0.29, 0.717) is 44.1 Å². The number of nitrogens with one attached hydrogen (secondary N) is 3. The molecule has 0 spiro atoms. The number of aromatic amines is 1. The number of benzene rings is 3. The van der Waals surface area contributed by atoms with E-state index in [1.807, 2.05) is 23.1 Å². The Morgan fingerprint density at radius 1 is 1.05 bits per heavy atom. The molecule has 5 heterocycles. The molecular weight excluding hydrogens is 860 g/mol. The summed E-state index contributed by atoms with van der Waals surface area (Å²) >= 11 is 6.24. The molecule has 0 radical (unpaired) electrons. The summed E-state index contributed by atoms with van der Waals surface area (Å²) in [6.45, 7) is 11.8. The summed E-state index contributed by atoms with van der Waals surface area (Å²) in [5.74, 6) is -0.589. The molecule has 0 saturated carbocycles. The van der Waals surface area contributed by atoms with Crippen molar-refractivity contribution in [3.63, 3.8) is 0 Å². The normalized spacial score (nSPS) is 19.9. The zero-order valence-electron chi connectivity index (χ0n) is 35.9. The molecule has 1 amide bonds. The van der Waals surface area contributed by atoms with Gasteiger partial charge < -0.3 is 29.8 Å². The fourth-order valence-electron chi connectivity index (χ4n) is 9.24. The zero-order valence-corrected chi connectivity index (χ0v) is 37.5. The number of allylic oxidation sites excluding steroid dienone is 1. The fraction of sp³-hybridized carbons (Fsp3) is 0.391. The van der Waals surface area contributed by atoms with Crippen LogP contribution in [0, 0.1) is 15.5 Å². The van der Waals surface area contributed by atoms with Gasteiger partial charge in [-0.1, -0.05) is 43.2 Å². The van der Waals surface area contributed by atoms with Crippen LogP contribution >= 0.6 is 11.6 Å². The summed E-state index contributed by atoms with van der Waals surface area (Å²) in [5.41, 5.74) is 4.40. The van der Waals surface area contributed by atoms with Crippen molar-refractivity contribution in [1.82, 2.24) is 24.5 Å². The number of nitro groups is 1. The summed E-state index contributed by atoms with van der Waals surface area (Å²) in [5, 5.41) is 27.0. The second kappa shape index (κ2) is 17.0. The highest BCUT2D eigenvalue weighted by Crippen LogP contribution is 2.44. The van der Waals surface area contributed by atoms with Crippen molar-refractivity contribution < 1.29 is 32.7 Å². The van der Waals surface area contributed by atoms with Gasteiger partial charge in [0.05, 0.1) is 33.2 Å². The van der Waals surface area contributed by atoms with E-state index in [2.05, 4.69) is 55.8 Å². The molecule has 18 heteroatoms. The maximum atomic E-state index is 14.0. The Balaban J connectivity index is 0.936. The number of nitrogens with zero attached hydrogens (tertiary/aromatic N) is 5. The zero-order chi connectivity index (χ0) is 45.0. The van der Waals surface area contributed by atoms with Gasteiger partial charge in [-0.25, -0.2) is 18.1 Å². The molecule has 0 bridgehead atoms. The number of nitro benzene ring substituents is 1. The minimum atomic E-state index is -4.67. The second-order valence-electron chi connectivity index (χ2n) is 18.4. The van der Waals surface area contributed by atoms with Crippen LogP contribution in [0.3, 0.4) is 0 Å². The van der Waals surface area contributed by atoms with Crippen molar-refractivity contribution in [3.05, 3.63) is 111 Å². The van der Waals surface area contributed by atoms with E-state index in [-0.39, 0.29) is 40.8 Å². The van der Waals surface area contributed by atoms with Crippen LogP contribution in [0.15, 0.2) is 89.6 Å². The first-order valence-corrected chi connectivity index (χ1v) is 23.3. The number of anilines is 2. The molecule has 2 aromatic heterocycles. The van der Waals surface area contributed by atoms with Crippen LogP contribution in [-0.2, 0) is 10.0 Å². The molecule has 336 valence electrons. The molecule has 0 unspecified atom stereocenters. The molecule has 2 saturated heterocycles. The number of hydrogen-bond donors (Lipinski definition) is 4.